The molecule has 2 aliphatic heterocycles. The van der Waals surface area contributed by atoms with E-state index in [1.807, 2.05) is 0 Å². The van der Waals surface area contributed by atoms with Crippen LogP contribution in [0.5, 0.6) is 0 Å². The zero-order valence-corrected chi connectivity index (χ0v) is 10.8. The van der Waals surface area contributed by atoms with Gasteiger partial charge in [0.1, 0.15) is 24.5 Å². The van der Waals surface area contributed by atoms with Gasteiger partial charge in [0.15, 0.2) is 5.79 Å². The molecule has 2 saturated heterocycles. The van der Waals surface area contributed by atoms with Gasteiger partial charge in [-0.05, 0) is 13.8 Å². The Kier molecular flexibility index (Phi) is 3.88. The molecule has 4 N–H and O–H groups in total. The fraction of sp³-hybridized carbons (Fsp3) is 0.818. The van der Waals surface area contributed by atoms with Crippen LogP contribution in [-0.2, 0) is 23.8 Å². The minimum absolute atomic E-state index is 0.220. The van der Waals surface area contributed by atoms with E-state index in [4.69, 9.17) is 19.9 Å². The molecule has 0 spiro atoms. The predicted octanol–water partition coefficient (Wildman–Crippen LogP) is -2.13. The van der Waals surface area contributed by atoms with Crippen molar-refractivity contribution in [2.45, 2.75) is 44.2 Å². The third kappa shape index (κ3) is 2.93. The maximum atomic E-state index is 11.2. The van der Waals surface area contributed by atoms with Crippen molar-refractivity contribution in [1.29, 1.82) is 0 Å². The van der Waals surface area contributed by atoms with Crippen LogP contribution in [0.15, 0.2) is 0 Å². The molecular weight excluding hydrogens is 256 g/mol. The quantitative estimate of drug-likeness (QED) is 0.490. The van der Waals surface area contributed by atoms with Crippen molar-refractivity contribution < 1.29 is 28.9 Å². The van der Waals surface area contributed by atoms with Crippen molar-refractivity contribution in [3.63, 3.8) is 0 Å². The van der Waals surface area contributed by atoms with E-state index in [0.717, 1.165) is 0 Å². The lowest BCUT2D eigenvalue weighted by Gasteiger charge is -2.23. The smallest absolute Gasteiger partial charge is 0.286 e. The number of ether oxygens (including phenoxy) is 3. The number of rotatable bonds is 5. The monoisotopic (exact) mass is 274 g/mol. The molecule has 0 aliphatic carbocycles. The number of Topliss-reactive ketones (excluding diaryl/α,β-unsaturated/α-hetero) is 1. The molecule has 0 aromatic heterocycles. The topological polar surface area (TPSA) is 120 Å². The normalized spacial score (nSPS) is 36.2. The molecule has 8 heteroatoms. The number of aliphatic hydroxyl groups excluding tert-OH is 1. The van der Waals surface area contributed by atoms with Gasteiger partial charge in [0.25, 0.3) is 5.91 Å². The first-order valence-electron chi connectivity index (χ1n) is 6.02. The summed E-state index contributed by atoms with van der Waals surface area (Å²) in [5, 5.41) is 12.0. The Labute approximate surface area is 110 Å². The molecular formula is C11H18N2O6. The Morgan fingerprint density at radius 1 is 1.32 bits per heavy atom. The molecule has 1 amide bonds. The minimum atomic E-state index is -1.01. The Bertz CT molecular complexity index is 385. The van der Waals surface area contributed by atoms with Crippen LogP contribution in [0.3, 0.4) is 0 Å². The molecule has 19 heavy (non-hydrogen) atoms. The fourth-order valence-electron chi connectivity index (χ4n) is 2.27. The summed E-state index contributed by atoms with van der Waals surface area (Å²) in [5.41, 5.74) is 4.86. The van der Waals surface area contributed by atoms with Gasteiger partial charge in [-0.25, -0.2) is 0 Å². The van der Waals surface area contributed by atoms with Crippen LogP contribution in [0, 0.1) is 0 Å². The summed E-state index contributed by atoms with van der Waals surface area (Å²) in [7, 11) is 0. The Hall–Kier alpha value is -1.06. The molecule has 108 valence electrons. The van der Waals surface area contributed by atoms with Gasteiger partial charge in [0.05, 0.1) is 13.2 Å². The highest BCUT2D eigenvalue weighted by molar-refractivity contribution is 6.36. The number of ketones is 1. The molecule has 0 aromatic carbocycles. The lowest BCUT2D eigenvalue weighted by molar-refractivity contribution is -0.193. The maximum absolute atomic E-state index is 11.2. The highest BCUT2D eigenvalue weighted by Crippen LogP contribution is 2.37. The van der Waals surface area contributed by atoms with E-state index in [0.29, 0.717) is 0 Å². The van der Waals surface area contributed by atoms with Crippen LogP contribution in [-0.4, -0.2) is 60.3 Å². The Morgan fingerprint density at radius 2 is 1.95 bits per heavy atom. The highest BCUT2D eigenvalue weighted by atomic mass is 16.8. The Balaban J connectivity index is 1.98. The first-order chi connectivity index (χ1) is 8.84. The van der Waals surface area contributed by atoms with E-state index in [1.54, 1.807) is 13.8 Å². The van der Waals surface area contributed by atoms with Crippen molar-refractivity contribution in [1.82, 2.24) is 5.32 Å². The molecule has 0 aromatic rings. The van der Waals surface area contributed by atoms with Gasteiger partial charge in [-0.2, -0.15) is 0 Å². The largest absolute Gasteiger partial charge is 0.394 e. The number of amides is 1. The third-order valence-electron chi connectivity index (χ3n) is 3.07. The lowest BCUT2D eigenvalue weighted by Crippen LogP contribution is -2.45. The first-order valence-corrected chi connectivity index (χ1v) is 6.02. The van der Waals surface area contributed by atoms with Crippen molar-refractivity contribution in [2.24, 2.45) is 5.73 Å². The molecule has 0 bridgehead atoms. The fourth-order valence-corrected chi connectivity index (χ4v) is 2.27. The average Bonchev–Trinajstić information content (AvgIpc) is 2.79. The number of fused-ring (bicyclic) bond motifs is 1. The molecule has 2 rings (SSSR count). The molecule has 2 fully saturated rings. The zero-order chi connectivity index (χ0) is 14.2. The van der Waals surface area contributed by atoms with E-state index in [9.17, 15) is 14.7 Å². The summed E-state index contributed by atoms with van der Waals surface area (Å²) in [6.45, 7) is 3.05. The standard InChI is InChI=1S/C11H18N2O6/c1-11(2)18-7-6(4-14)17-10(8(7)19-11)13-3-5(15)9(12)16/h6-8,10,13-14H,3-4H2,1-2H3,(H2,12,16). The number of aliphatic hydroxyl groups is 1. The number of nitrogens with one attached hydrogen (secondary N) is 1. The van der Waals surface area contributed by atoms with E-state index in [-0.39, 0.29) is 13.2 Å². The second kappa shape index (κ2) is 5.14. The molecule has 8 nitrogen and oxygen atoms in total. The summed E-state index contributed by atoms with van der Waals surface area (Å²) in [6.07, 6.45) is -2.03. The van der Waals surface area contributed by atoms with Gasteiger partial charge in [-0.1, -0.05) is 0 Å². The van der Waals surface area contributed by atoms with Crippen LogP contribution >= 0.6 is 0 Å². The number of carbonyl (C=O) groups is 2. The number of hydrogen-bond acceptors (Lipinski definition) is 7. The predicted molar refractivity (Wildman–Crippen MR) is 61.8 cm³/mol. The van der Waals surface area contributed by atoms with Gasteiger partial charge in [0.2, 0.25) is 5.78 Å². The van der Waals surface area contributed by atoms with Gasteiger partial charge in [-0.3, -0.25) is 14.9 Å². The average molecular weight is 274 g/mol. The van der Waals surface area contributed by atoms with Crippen LogP contribution < -0.4 is 11.1 Å². The van der Waals surface area contributed by atoms with Crippen LogP contribution in [0.25, 0.3) is 0 Å². The van der Waals surface area contributed by atoms with Crippen molar-refractivity contribution in [3.05, 3.63) is 0 Å². The summed E-state index contributed by atoms with van der Waals surface area (Å²) in [5.74, 6) is -2.53. The van der Waals surface area contributed by atoms with Crippen LogP contribution in [0.2, 0.25) is 0 Å². The molecule has 0 radical (unpaired) electrons. The molecule has 0 saturated carbocycles. The molecule has 2 aliphatic rings. The number of carbonyl (C=O) groups excluding carboxylic acids is 2. The minimum Gasteiger partial charge on any atom is -0.394 e. The van der Waals surface area contributed by atoms with Crippen LogP contribution in [0.4, 0.5) is 0 Å². The van der Waals surface area contributed by atoms with Crippen molar-refractivity contribution in [3.8, 4) is 0 Å². The summed E-state index contributed by atoms with van der Waals surface area (Å²) >= 11 is 0. The maximum Gasteiger partial charge on any atom is 0.286 e. The number of hydrogen-bond donors (Lipinski definition) is 3. The second-order valence-electron chi connectivity index (χ2n) is 5.01. The number of primary amides is 1. The van der Waals surface area contributed by atoms with E-state index in [1.165, 1.54) is 0 Å². The summed E-state index contributed by atoms with van der Waals surface area (Å²) in [4.78, 5) is 21.8. The van der Waals surface area contributed by atoms with E-state index < -0.39 is 42.0 Å². The van der Waals surface area contributed by atoms with Crippen molar-refractivity contribution >= 4 is 11.7 Å². The SMILES string of the molecule is CC1(C)OC2C(CO)OC(NCC(=O)C(N)=O)C2O1. The first kappa shape index (κ1) is 14.4. The van der Waals surface area contributed by atoms with Gasteiger partial charge in [0, 0.05) is 0 Å². The Morgan fingerprint density at radius 3 is 2.53 bits per heavy atom. The van der Waals surface area contributed by atoms with E-state index >= 15 is 0 Å². The van der Waals surface area contributed by atoms with E-state index in [2.05, 4.69) is 5.32 Å². The molecule has 4 unspecified atom stereocenters. The van der Waals surface area contributed by atoms with Gasteiger partial charge >= 0.3 is 0 Å². The van der Waals surface area contributed by atoms with Crippen LogP contribution in [0.1, 0.15) is 13.8 Å². The lowest BCUT2D eigenvalue weighted by atomic mass is 10.1. The summed E-state index contributed by atoms with van der Waals surface area (Å²) < 4.78 is 16.8. The number of nitrogens with two attached hydrogens (primary N) is 1. The molecule has 4 atom stereocenters. The summed E-state index contributed by atoms with van der Waals surface area (Å²) in [6, 6.07) is 0. The molecule has 2 heterocycles. The highest BCUT2D eigenvalue weighted by Gasteiger charge is 2.54. The zero-order valence-electron chi connectivity index (χ0n) is 10.8. The van der Waals surface area contributed by atoms with Crippen molar-refractivity contribution in [2.75, 3.05) is 13.2 Å². The third-order valence-corrected chi connectivity index (χ3v) is 3.07. The van der Waals surface area contributed by atoms with Gasteiger partial charge < -0.3 is 25.1 Å². The van der Waals surface area contributed by atoms with Gasteiger partial charge in [-0.15, -0.1) is 0 Å². The second-order valence-corrected chi connectivity index (χ2v) is 5.01.